The molecule has 0 spiro atoms. The van der Waals surface area contributed by atoms with Crippen molar-refractivity contribution in [2.45, 2.75) is 6.36 Å². The highest BCUT2D eigenvalue weighted by molar-refractivity contribution is 6.59. The van der Waals surface area contributed by atoms with Crippen molar-refractivity contribution in [3.63, 3.8) is 0 Å². The topological polar surface area (TPSA) is 58.9 Å². The Hall–Kier alpha value is -1.41. The van der Waals surface area contributed by atoms with E-state index < -0.39 is 19.2 Å². The molecular weight excluding hydrogens is 228 g/mol. The van der Waals surface area contributed by atoms with Gasteiger partial charge in [0.25, 0.3) is 0 Å². The summed E-state index contributed by atoms with van der Waals surface area (Å²) in [7, 11) is -0.683. The maximum atomic E-state index is 11.9. The Morgan fingerprint density at radius 2 is 1.88 bits per heavy atom. The average molecular weight is 236 g/mol. The lowest BCUT2D eigenvalue weighted by molar-refractivity contribution is -0.274. The number of methoxy groups -OCH3 is 1. The van der Waals surface area contributed by atoms with Crippen molar-refractivity contribution < 1.29 is 32.7 Å². The van der Waals surface area contributed by atoms with Gasteiger partial charge in [0, 0.05) is 5.46 Å². The van der Waals surface area contributed by atoms with Crippen LogP contribution in [0.5, 0.6) is 11.5 Å². The number of benzene rings is 1. The molecule has 0 aliphatic heterocycles. The van der Waals surface area contributed by atoms with Gasteiger partial charge in [0.05, 0.1) is 7.11 Å². The molecule has 1 rings (SSSR count). The summed E-state index contributed by atoms with van der Waals surface area (Å²) in [4.78, 5) is 0. The fourth-order valence-corrected chi connectivity index (χ4v) is 1.11. The molecule has 0 saturated carbocycles. The van der Waals surface area contributed by atoms with E-state index in [0.717, 1.165) is 18.2 Å². The average Bonchev–Trinajstić information content (AvgIpc) is 2.15. The number of rotatable bonds is 3. The minimum absolute atomic E-state index is 0.0597. The van der Waals surface area contributed by atoms with Crippen molar-refractivity contribution in [3.05, 3.63) is 18.2 Å². The molecule has 0 aliphatic carbocycles. The van der Waals surface area contributed by atoms with Crippen molar-refractivity contribution >= 4 is 12.6 Å². The molecule has 0 aromatic heterocycles. The maximum Gasteiger partial charge on any atom is 0.573 e. The van der Waals surface area contributed by atoms with E-state index >= 15 is 0 Å². The van der Waals surface area contributed by atoms with Crippen LogP contribution in [0.4, 0.5) is 13.2 Å². The molecule has 0 bridgehead atoms. The first-order chi connectivity index (χ1) is 7.33. The van der Waals surface area contributed by atoms with E-state index in [2.05, 4.69) is 4.74 Å². The van der Waals surface area contributed by atoms with Crippen LogP contribution >= 0.6 is 0 Å². The largest absolute Gasteiger partial charge is 0.573 e. The third-order valence-electron chi connectivity index (χ3n) is 1.71. The Morgan fingerprint density at radius 1 is 1.25 bits per heavy atom. The van der Waals surface area contributed by atoms with Gasteiger partial charge in [0.1, 0.15) is 11.5 Å². The molecule has 0 saturated heterocycles. The molecule has 1 aromatic carbocycles. The highest BCUT2D eigenvalue weighted by Gasteiger charge is 2.31. The minimum Gasteiger partial charge on any atom is -0.497 e. The zero-order chi connectivity index (χ0) is 12.3. The third-order valence-corrected chi connectivity index (χ3v) is 1.71. The van der Waals surface area contributed by atoms with Gasteiger partial charge in [-0.15, -0.1) is 13.2 Å². The molecule has 0 atom stereocenters. The third kappa shape index (κ3) is 3.32. The Kier molecular flexibility index (Phi) is 3.66. The van der Waals surface area contributed by atoms with E-state index in [1.807, 2.05) is 0 Å². The lowest BCUT2D eigenvalue weighted by Gasteiger charge is -2.12. The second-order valence-corrected chi connectivity index (χ2v) is 2.83. The fraction of sp³-hybridized carbons (Fsp3) is 0.250. The summed E-state index contributed by atoms with van der Waals surface area (Å²) in [6, 6.07) is 3.00. The van der Waals surface area contributed by atoms with Gasteiger partial charge in [-0.05, 0) is 18.2 Å². The lowest BCUT2D eigenvalue weighted by Crippen LogP contribution is -2.31. The van der Waals surface area contributed by atoms with Crippen LogP contribution in [0.3, 0.4) is 0 Å². The monoisotopic (exact) mass is 236 g/mol. The molecule has 0 amide bonds. The van der Waals surface area contributed by atoms with Crippen molar-refractivity contribution in [1.82, 2.24) is 0 Å². The molecule has 16 heavy (non-hydrogen) atoms. The normalized spacial score (nSPS) is 11.1. The van der Waals surface area contributed by atoms with Crippen LogP contribution in [0, 0.1) is 0 Å². The lowest BCUT2D eigenvalue weighted by atomic mass is 9.79. The maximum absolute atomic E-state index is 11.9. The van der Waals surface area contributed by atoms with Crippen LogP contribution in [0.25, 0.3) is 0 Å². The highest BCUT2D eigenvalue weighted by Crippen LogP contribution is 2.23. The summed E-state index contributed by atoms with van der Waals surface area (Å²) in [6.07, 6.45) is -4.83. The van der Waals surface area contributed by atoms with Crippen LogP contribution in [0.2, 0.25) is 0 Å². The molecule has 0 unspecified atom stereocenters. The number of hydrogen-bond acceptors (Lipinski definition) is 4. The van der Waals surface area contributed by atoms with Crippen LogP contribution in [0.1, 0.15) is 0 Å². The van der Waals surface area contributed by atoms with Crippen molar-refractivity contribution in [3.8, 4) is 11.5 Å². The SMILES string of the molecule is COc1ccc(OC(F)(F)F)cc1B(O)O. The number of alkyl halides is 3. The molecular formula is C8H8BF3O4. The van der Waals surface area contributed by atoms with E-state index in [1.54, 1.807) is 0 Å². The first-order valence-electron chi connectivity index (χ1n) is 4.13. The van der Waals surface area contributed by atoms with Gasteiger partial charge in [-0.1, -0.05) is 0 Å². The standard InChI is InChI=1S/C8H8BF3O4/c1-15-7-3-2-5(16-8(10,11)12)4-6(7)9(13)14/h2-4,13-14H,1H3. The molecule has 8 heteroatoms. The summed E-state index contributed by atoms with van der Waals surface area (Å²) < 4.78 is 44.0. The van der Waals surface area contributed by atoms with Crippen molar-refractivity contribution in [2.75, 3.05) is 7.11 Å². The second kappa shape index (κ2) is 4.62. The van der Waals surface area contributed by atoms with Gasteiger partial charge in [-0.25, -0.2) is 0 Å². The molecule has 4 nitrogen and oxygen atoms in total. The quantitative estimate of drug-likeness (QED) is 0.739. The summed E-state index contributed by atoms with van der Waals surface area (Å²) >= 11 is 0. The molecule has 1 aromatic rings. The summed E-state index contributed by atoms with van der Waals surface area (Å²) in [5.41, 5.74) is -0.204. The molecule has 0 radical (unpaired) electrons. The summed E-state index contributed by atoms with van der Waals surface area (Å²) in [5, 5.41) is 17.8. The molecule has 2 N–H and O–H groups in total. The Labute approximate surface area is 89.4 Å². The predicted molar refractivity (Wildman–Crippen MR) is 49.5 cm³/mol. The van der Waals surface area contributed by atoms with Crippen molar-refractivity contribution in [2.24, 2.45) is 0 Å². The smallest absolute Gasteiger partial charge is 0.497 e. The second-order valence-electron chi connectivity index (χ2n) is 2.83. The van der Waals surface area contributed by atoms with Gasteiger partial charge in [-0.3, -0.25) is 0 Å². The Bertz CT molecular complexity index is 367. The minimum atomic E-state index is -4.83. The van der Waals surface area contributed by atoms with Crippen LogP contribution in [0.15, 0.2) is 18.2 Å². The van der Waals surface area contributed by atoms with Crippen LogP contribution in [-0.2, 0) is 0 Å². The fourth-order valence-electron chi connectivity index (χ4n) is 1.11. The van der Waals surface area contributed by atoms with Gasteiger partial charge in [0.2, 0.25) is 0 Å². The van der Waals surface area contributed by atoms with Crippen molar-refractivity contribution in [1.29, 1.82) is 0 Å². The molecule has 0 aliphatic rings. The van der Waals surface area contributed by atoms with E-state index in [0.29, 0.717) is 0 Å². The zero-order valence-electron chi connectivity index (χ0n) is 8.15. The van der Waals surface area contributed by atoms with E-state index in [-0.39, 0.29) is 11.2 Å². The van der Waals surface area contributed by atoms with Crippen LogP contribution < -0.4 is 14.9 Å². The number of ether oxygens (including phenoxy) is 2. The number of hydrogen-bond donors (Lipinski definition) is 2. The van der Waals surface area contributed by atoms with Crippen LogP contribution in [-0.4, -0.2) is 30.6 Å². The zero-order valence-corrected chi connectivity index (χ0v) is 8.15. The van der Waals surface area contributed by atoms with E-state index in [1.165, 1.54) is 7.11 Å². The van der Waals surface area contributed by atoms with E-state index in [4.69, 9.17) is 14.8 Å². The molecule has 88 valence electrons. The van der Waals surface area contributed by atoms with Gasteiger partial charge in [0.15, 0.2) is 0 Å². The predicted octanol–water partition coefficient (Wildman–Crippen LogP) is 0.274. The Morgan fingerprint density at radius 3 is 2.31 bits per heavy atom. The van der Waals surface area contributed by atoms with E-state index in [9.17, 15) is 13.2 Å². The first kappa shape index (κ1) is 12.7. The summed E-state index contributed by atoms with van der Waals surface area (Å²) in [5.74, 6) is -0.485. The van der Waals surface area contributed by atoms with Gasteiger partial charge >= 0.3 is 13.5 Å². The van der Waals surface area contributed by atoms with Gasteiger partial charge in [-0.2, -0.15) is 0 Å². The molecule has 0 heterocycles. The highest BCUT2D eigenvalue weighted by atomic mass is 19.4. The van der Waals surface area contributed by atoms with Gasteiger partial charge < -0.3 is 19.5 Å². The Balaban J connectivity index is 3.02. The summed E-state index contributed by atoms with van der Waals surface area (Å²) in [6.45, 7) is 0. The first-order valence-corrected chi connectivity index (χ1v) is 4.13. The number of halogens is 3. The molecule has 0 fully saturated rings.